The fourth-order valence-corrected chi connectivity index (χ4v) is 4.69. The van der Waals surface area contributed by atoms with E-state index in [4.69, 9.17) is 0 Å². The number of fused-ring (bicyclic) bond motifs is 3. The third kappa shape index (κ3) is 2.09. The molecule has 0 saturated carbocycles. The Labute approximate surface area is 113 Å². The Morgan fingerprint density at radius 2 is 2.22 bits per heavy atom. The van der Waals surface area contributed by atoms with E-state index < -0.39 is 0 Å². The largest absolute Gasteiger partial charge is 0.392 e. The summed E-state index contributed by atoms with van der Waals surface area (Å²) in [6, 6.07) is 9.13. The summed E-state index contributed by atoms with van der Waals surface area (Å²) in [4.78, 5) is 3.96. The van der Waals surface area contributed by atoms with Crippen LogP contribution in [0.5, 0.6) is 0 Å². The van der Waals surface area contributed by atoms with Gasteiger partial charge < -0.3 is 5.11 Å². The number of likely N-dealkylation sites (tertiary alicyclic amines) is 1. The van der Waals surface area contributed by atoms with E-state index in [9.17, 15) is 5.11 Å². The number of hydrogen-bond donors (Lipinski definition) is 1. The summed E-state index contributed by atoms with van der Waals surface area (Å²) in [6.45, 7) is 4.46. The Bertz CT molecular complexity index is 423. The molecule has 2 heterocycles. The lowest BCUT2D eigenvalue weighted by Gasteiger charge is -2.46. The summed E-state index contributed by atoms with van der Waals surface area (Å²) < 4.78 is 0. The van der Waals surface area contributed by atoms with Gasteiger partial charge in [0.1, 0.15) is 0 Å². The first-order valence-electron chi connectivity index (χ1n) is 6.95. The van der Waals surface area contributed by atoms with E-state index in [1.165, 1.54) is 16.9 Å². The Kier molecular flexibility index (Phi) is 3.64. The molecule has 3 heteroatoms. The molecule has 0 spiro atoms. The van der Waals surface area contributed by atoms with Crippen LogP contribution in [0.15, 0.2) is 29.2 Å². The average molecular weight is 263 g/mol. The van der Waals surface area contributed by atoms with Gasteiger partial charge in [0.2, 0.25) is 0 Å². The maximum atomic E-state index is 10.4. The van der Waals surface area contributed by atoms with Crippen molar-refractivity contribution >= 4 is 11.8 Å². The van der Waals surface area contributed by atoms with Gasteiger partial charge in [0.25, 0.3) is 0 Å². The monoisotopic (exact) mass is 263 g/mol. The van der Waals surface area contributed by atoms with Crippen LogP contribution in [0.4, 0.5) is 0 Å². The number of nitrogens with zero attached hydrogens (tertiary/aromatic N) is 1. The molecule has 0 bridgehead atoms. The van der Waals surface area contributed by atoms with Crippen molar-refractivity contribution in [2.75, 3.05) is 18.8 Å². The van der Waals surface area contributed by atoms with Crippen LogP contribution in [-0.4, -0.2) is 41.0 Å². The molecule has 1 aromatic rings. The van der Waals surface area contributed by atoms with E-state index in [0.717, 1.165) is 25.3 Å². The van der Waals surface area contributed by atoms with Gasteiger partial charge in [0.05, 0.1) is 6.10 Å². The van der Waals surface area contributed by atoms with Crippen molar-refractivity contribution in [1.82, 2.24) is 4.90 Å². The predicted molar refractivity (Wildman–Crippen MR) is 76.2 cm³/mol. The molecule has 0 amide bonds. The number of benzene rings is 1. The molecule has 2 nitrogen and oxygen atoms in total. The molecule has 0 aromatic heterocycles. The number of aliphatic hydroxyl groups is 1. The van der Waals surface area contributed by atoms with E-state index >= 15 is 0 Å². The van der Waals surface area contributed by atoms with Gasteiger partial charge in [-0.2, -0.15) is 0 Å². The summed E-state index contributed by atoms with van der Waals surface area (Å²) in [7, 11) is 0. The number of aliphatic hydroxyl groups excluding tert-OH is 1. The molecule has 3 atom stereocenters. The maximum Gasteiger partial charge on any atom is 0.0636 e. The zero-order chi connectivity index (χ0) is 12.5. The first-order valence-corrected chi connectivity index (χ1v) is 7.93. The van der Waals surface area contributed by atoms with Gasteiger partial charge in [0, 0.05) is 29.2 Å². The number of piperidine rings is 1. The zero-order valence-electron chi connectivity index (χ0n) is 10.9. The second kappa shape index (κ2) is 5.24. The number of thioether (sulfide) groups is 1. The lowest BCUT2D eigenvalue weighted by molar-refractivity contribution is 0.0244. The number of hydrogen-bond acceptors (Lipinski definition) is 3. The van der Waals surface area contributed by atoms with Crippen LogP contribution in [0, 0.1) is 0 Å². The zero-order valence-corrected chi connectivity index (χ0v) is 11.7. The van der Waals surface area contributed by atoms with E-state index in [0.29, 0.717) is 12.0 Å². The Hall–Kier alpha value is -0.510. The van der Waals surface area contributed by atoms with Gasteiger partial charge in [-0.3, -0.25) is 4.90 Å². The van der Waals surface area contributed by atoms with E-state index in [2.05, 4.69) is 36.1 Å². The quantitative estimate of drug-likeness (QED) is 0.887. The molecule has 1 fully saturated rings. The van der Waals surface area contributed by atoms with Crippen LogP contribution in [-0.2, 0) is 0 Å². The van der Waals surface area contributed by atoms with Gasteiger partial charge in [-0.05, 0) is 31.0 Å². The second-order valence-corrected chi connectivity index (χ2v) is 6.40. The first-order chi connectivity index (χ1) is 8.81. The maximum absolute atomic E-state index is 10.4. The second-order valence-electron chi connectivity index (χ2n) is 5.33. The summed E-state index contributed by atoms with van der Waals surface area (Å²) in [5.74, 6) is 1.45. The minimum Gasteiger partial charge on any atom is -0.392 e. The van der Waals surface area contributed by atoms with Crippen molar-refractivity contribution in [2.24, 2.45) is 0 Å². The summed E-state index contributed by atoms with van der Waals surface area (Å²) >= 11 is 1.95. The summed E-state index contributed by atoms with van der Waals surface area (Å²) in [5, 5.41) is 10.4. The molecule has 0 aliphatic carbocycles. The molecular weight excluding hydrogens is 242 g/mol. The molecule has 1 N–H and O–H groups in total. The van der Waals surface area contributed by atoms with Crippen LogP contribution in [0.3, 0.4) is 0 Å². The van der Waals surface area contributed by atoms with Gasteiger partial charge in [-0.25, -0.2) is 0 Å². The molecule has 2 aliphatic heterocycles. The lowest BCUT2D eigenvalue weighted by atomic mass is 9.81. The molecule has 1 aromatic carbocycles. The third-order valence-electron chi connectivity index (χ3n) is 4.21. The van der Waals surface area contributed by atoms with Crippen molar-refractivity contribution < 1.29 is 5.11 Å². The standard InChI is InChI=1S/C15H21NOS/c1-2-8-16-9-7-13(17)15-11-5-3-4-6-14(11)18-10-12(15)16/h3-6,12-13,15,17H,2,7-10H2,1H3/t12-,13?,15-/m0/s1. The Morgan fingerprint density at radius 3 is 3.06 bits per heavy atom. The van der Waals surface area contributed by atoms with Gasteiger partial charge in [-0.1, -0.05) is 25.1 Å². The van der Waals surface area contributed by atoms with Gasteiger partial charge >= 0.3 is 0 Å². The Morgan fingerprint density at radius 1 is 1.39 bits per heavy atom. The molecular formula is C15H21NOS. The van der Waals surface area contributed by atoms with Gasteiger partial charge in [0.15, 0.2) is 0 Å². The highest BCUT2D eigenvalue weighted by Gasteiger charge is 2.41. The normalized spacial score (nSPS) is 31.8. The predicted octanol–water partition coefficient (Wildman–Crippen LogP) is 2.72. The summed E-state index contributed by atoms with van der Waals surface area (Å²) in [6.07, 6.45) is 1.95. The van der Waals surface area contributed by atoms with Crippen LogP contribution in [0.1, 0.15) is 31.2 Å². The fourth-order valence-electron chi connectivity index (χ4n) is 3.38. The van der Waals surface area contributed by atoms with Crippen molar-refractivity contribution in [1.29, 1.82) is 0 Å². The fraction of sp³-hybridized carbons (Fsp3) is 0.600. The van der Waals surface area contributed by atoms with Crippen molar-refractivity contribution in [3.8, 4) is 0 Å². The van der Waals surface area contributed by atoms with E-state index in [1.54, 1.807) is 0 Å². The molecule has 3 rings (SSSR count). The smallest absolute Gasteiger partial charge is 0.0636 e. The highest BCUT2D eigenvalue weighted by Crippen LogP contribution is 2.44. The number of rotatable bonds is 2. The van der Waals surface area contributed by atoms with Crippen molar-refractivity contribution in [3.63, 3.8) is 0 Å². The molecule has 0 radical (unpaired) electrons. The highest BCUT2D eigenvalue weighted by molar-refractivity contribution is 7.99. The lowest BCUT2D eigenvalue weighted by Crippen LogP contribution is -2.52. The van der Waals surface area contributed by atoms with E-state index in [-0.39, 0.29) is 6.10 Å². The molecule has 98 valence electrons. The molecule has 1 unspecified atom stereocenters. The average Bonchev–Trinajstić information content (AvgIpc) is 2.41. The van der Waals surface area contributed by atoms with Crippen molar-refractivity contribution in [3.05, 3.63) is 29.8 Å². The van der Waals surface area contributed by atoms with Gasteiger partial charge in [-0.15, -0.1) is 11.8 Å². The van der Waals surface area contributed by atoms with Crippen LogP contribution in [0.25, 0.3) is 0 Å². The summed E-state index contributed by atoms with van der Waals surface area (Å²) in [5.41, 5.74) is 1.37. The Balaban J connectivity index is 1.93. The van der Waals surface area contributed by atoms with E-state index in [1.807, 2.05) is 11.8 Å². The molecule has 2 aliphatic rings. The first kappa shape index (κ1) is 12.5. The molecule has 18 heavy (non-hydrogen) atoms. The minimum atomic E-state index is -0.162. The molecule has 1 saturated heterocycles. The topological polar surface area (TPSA) is 23.5 Å². The SMILES string of the molecule is CCCN1CCC(O)[C@H]2c3ccccc3SC[C@@H]21. The van der Waals surface area contributed by atoms with Crippen LogP contribution >= 0.6 is 11.8 Å². The van der Waals surface area contributed by atoms with Crippen LogP contribution < -0.4 is 0 Å². The minimum absolute atomic E-state index is 0.162. The third-order valence-corrected chi connectivity index (χ3v) is 5.40. The van der Waals surface area contributed by atoms with Crippen molar-refractivity contribution in [2.45, 2.75) is 42.7 Å². The van der Waals surface area contributed by atoms with Crippen LogP contribution in [0.2, 0.25) is 0 Å². The highest BCUT2D eigenvalue weighted by atomic mass is 32.2.